The van der Waals surface area contributed by atoms with Gasteiger partial charge in [-0.25, -0.2) is 4.98 Å². The Kier molecular flexibility index (Phi) is 4.75. The van der Waals surface area contributed by atoms with Crippen molar-refractivity contribution < 1.29 is 9.59 Å². The molecule has 1 aliphatic rings. The summed E-state index contributed by atoms with van der Waals surface area (Å²) in [6.45, 7) is 5.03. The van der Waals surface area contributed by atoms with Crippen LogP contribution in [0.1, 0.15) is 38.1 Å². The molecule has 0 atom stereocenters. The molecule has 0 unspecified atom stereocenters. The van der Waals surface area contributed by atoms with Crippen molar-refractivity contribution in [3.05, 3.63) is 16.6 Å². The Labute approximate surface area is 123 Å². The number of carbonyl (C=O) groups excluding carboxylic acids is 2. The number of carbonyl (C=O) groups is 2. The summed E-state index contributed by atoms with van der Waals surface area (Å²) in [4.78, 5) is 30.6. The van der Waals surface area contributed by atoms with Crippen LogP contribution in [0.3, 0.4) is 0 Å². The lowest BCUT2D eigenvalue weighted by molar-refractivity contribution is -0.139. The quantitative estimate of drug-likeness (QED) is 0.897. The summed E-state index contributed by atoms with van der Waals surface area (Å²) >= 11 is 1.60. The molecule has 2 heterocycles. The third kappa shape index (κ3) is 3.00. The predicted molar refractivity (Wildman–Crippen MR) is 78.5 cm³/mol. The van der Waals surface area contributed by atoms with Crippen molar-refractivity contribution in [2.75, 3.05) is 13.1 Å². The molecule has 1 aromatic heterocycles. The van der Waals surface area contributed by atoms with Crippen LogP contribution >= 0.6 is 11.3 Å². The fourth-order valence-electron chi connectivity index (χ4n) is 2.57. The molecule has 0 radical (unpaired) electrons. The fourth-order valence-corrected chi connectivity index (χ4v) is 3.18. The number of aromatic nitrogens is 1. The molecule has 0 spiro atoms. The minimum Gasteiger partial charge on any atom is -0.342 e. The number of rotatable bonds is 5. The van der Waals surface area contributed by atoms with Crippen LogP contribution in [0.2, 0.25) is 0 Å². The summed E-state index contributed by atoms with van der Waals surface area (Å²) in [6, 6.07) is 0. The number of nitrogens with one attached hydrogen (secondary N) is 1. The maximum absolute atomic E-state index is 12.7. The number of amides is 2. The van der Waals surface area contributed by atoms with Crippen molar-refractivity contribution in [3.8, 4) is 0 Å². The monoisotopic (exact) mass is 295 g/mol. The molecule has 0 bridgehead atoms. The molecule has 1 fully saturated rings. The zero-order chi connectivity index (χ0) is 14.6. The van der Waals surface area contributed by atoms with Crippen molar-refractivity contribution in [2.45, 2.75) is 45.1 Å². The highest BCUT2D eigenvalue weighted by molar-refractivity contribution is 7.09. The number of hydrogen-bond acceptors (Lipinski definition) is 4. The second kappa shape index (κ2) is 6.35. The molecule has 2 rings (SSSR count). The van der Waals surface area contributed by atoms with Gasteiger partial charge in [-0.1, -0.05) is 13.8 Å². The van der Waals surface area contributed by atoms with Gasteiger partial charge in [-0.15, -0.1) is 11.3 Å². The first kappa shape index (κ1) is 15.0. The molecule has 6 heteroatoms. The van der Waals surface area contributed by atoms with E-state index in [-0.39, 0.29) is 11.8 Å². The summed E-state index contributed by atoms with van der Waals surface area (Å²) in [5, 5.41) is 5.89. The van der Waals surface area contributed by atoms with Gasteiger partial charge in [0.25, 0.3) is 0 Å². The summed E-state index contributed by atoms with van der Waals surface area (Å²) in [5.41, 5.74) is -0.726. The molecule has 1 saturated heterocycles. The van der Waals surface area contributed by atoms with Crippen LogP contribution in [0.25, 0.3) is 0 Å². The van der Waals surface area contributed by atoms with E-state index in [0.717, 1.165) is 11.4 Å². The highest BCUT2D eigenvalue weighted by Gasteiger charge is 2.41. The lowest BCUT2D eigenvalue weighted by Gasteiger charge is -2.33. The van der Waals surface area contributed by atoms with Gasteiger partial charge in [-0.2, -0.15) is 0 Å². The van der Waals surface area contributed by atoms with Gasteiger partial charge in [0.05, 0.1) is 5.01 Å². The van der Waals surface area contributed by atoms with E-state index in [4.69, 9.17) is 0 Å². The largest absolute Gasteiger partial charge is 0.342 e. The second-order valence-corrected chi connectivity index (χ2v) is 6.03. The van der Waals surface area contributed by atoms with Gasteiger partial charge in [0.15, 0.2) is 0 Å². The summed E-state index contributed by atoms with van der Waals surface area (Å²) in [7, 11) is 0. The van der Waals surface area contributed by atoms with Crippen LogP contribution in [-0.2, 0) is 16.0 Å². The lowest BCUT2D eigenvalue weighted by Crippen LogP contribution is -2.56. The molecule has 1 N–H and O–H groups in total. The average molecular weight is 295 g/mol. The first-order chi connectivity index (χ1) is 9.61. The Morgan fingerprint density at radius 1 is 1.40 bits per heavy atom. The van der Waals surface area contributed by atoms with Gasteiger partial charge in [-0.05, 0) is 12.8 Å². The van der Waals surface area contributed by atoms with E-state index in [1.54, 1.807) is 17.5 Å². The summed E-state index contributed by atoms with van der Waals surface area (Å²) in [5.74, 6) is 0.0173. The minimum atomic E-state index is -0.726. The third-order valence-electron chi connectivity index (χ3n) is 3.97. The molecule has 0 aromatic carbocycles. The maximum Gasteiger partial charge on any atom is 0.248 e. The molecular weight excluding hydrogens is 274 g/mol. The Hall–Kier alpha value is -1.43. The zero-order valence-electron chi connectivity index (χ0n) is 12.0. The highest BCUT2D eigenvalue weighted by Crippen LogP contribution is 2.22. The molecule has 1 aromatic rings. The normalized spacial score (nSPS) is 18.8. The van der Waals surface area contributed by atoms with Crippen LogP contribution in [0.15, 0.2) is 11.6 Å². The Morgan fingerprint density at radius 3 is 2.75 bits per heavy atom. The van der Waals surface area contributed by atoms with E-state index in [2.05, 4.69) is 10.3 Å². The second-order valence-electron chi connectivity index (χ2n) is 5.06. The van der Waals surface area contributed by atoms with Gasteiger partial charge in [0.1, 0.15) is 5.54 Å². The maximum atomic E-state index is 12.7. The molecule has 20 heavy (non-hydrogen) atoms. The van der Waals surface area contributed by atoms with Crippen molar-refractivity contribution in [1.82, 2.24) is 15.2 Å². The van der Waals surface area contributed by atoms with Crippen LogP contribution in [0.4, 0.5) is 0 Å². The number of thiazole rings is 1. The van der Waals surface area contributed by atoms with Crippen molar-refractivity contribution in [2.24, 2.45) is 0 Å². The molecule has 5 nitrogen and oxygen atoms in total. The van der Waals surface area contributed by atoms with E-state index in [9.17, 15) is 9.59 Å². The van der Waals surface area contributed by atoms with Gasteiger partial charge in [0, 0.05) is 37.5 Å². The van der Waals surface area contributed by atoms with Gasteiger partial charge < -0.3 is 10.2 Å². The van der Waals surface area contributed by atoms with E-state index in [1.165, 1.54) is 0 Å². The van der Waals surface area contributed by atoms with Crippen LogP contribution in [-0.4, -0.2) is 40.3 Å². The van der Waals surface area contributed by atoms with E-state index < -0.39 is 5.54 Å². The van der Waals surface area contributed by atoms with Crippen molar-refractivity contribution in [3.63, 3.8) is 0 Å². The number of hydrogen-bond donors (Lipinski definition) is 1. The van der Waals surface area contributed by atoms with Gasteiger partial charge >= 0.3 is 0 Å². The fraction of sp³-hybridized carbons (Fsp3) is 0.643. The topological polar surface area (TPSA) is 62.3 Å². The molecule has 2 amide bonds. The molecule has 0 aliphatic carbocycles. The Bertz CT molecular complexity index is 469. The van der Waals surface area contributed by atoms with Gasteiger partial charge in [-0.3, -0.25) is 9.59 Å². The minimum absolute atomic E-state index is 0.0289. The predicted octanol–water partition coefficient (Wildman–Crippen LogP) is 1.59. The number of nitrogens with zero attached hydrogens (tertiary/aromatic N) is 2. The highest BCUT2D eigenvalue weighted by atomic mass is 32.1. The van der Waals surface area contributed by atoms with E-state index >= 15 is 0 Å². The smallest absolute Gasteiger partial charge is 0.248 e. The SMILES string of the molecule is CCC1(CC)NC(=O)CCN(CCc2nccs2)C1=O. The third-order valence-corrected chi connectivity index (χ3v) is 4.81. The van der Waals surface area contributed by atoms with Crippen molar-refractivity contribution in [1.29, 1.82) is 0 Å². The van der Waals surface area contributed by atoms with E-state index in [0.29, 0.717) is 32.4 Å². The molecule has 0 saturated carbocycles. The first-order valence-electron chi connectivity index (χ1n) is 7.10. The molecule has 1 aliphatic heterocycles. The van der Waals surface area contributed by atoms with Crippen molar-refractivity contribution >= 4 is 23.2 Å². The Balaban J connectivity index is 2.11. The van der Waals surface area contributed by atoms with E-state index in [1.807, 2.05) is 24.1 Å². The molecule has 110 valence electrons. The van der Waals surface area contributed by atoms with Crippen LogP contribution in [0.5, 0.6) is 0 Å². The Morgan fingerprint density at radius 2 is 2.15 bits per heavy atom. The first-order valence-corrected chi connectivity index (χ1v) is 7.98. The summed E-state index contributed by atoms with van der Waals surface area (Å²) < 4.78 is 0. The summed E-state index contributed by atoms with van der Waals surface area (Å²) in [6.07, 6.45) is 4.16. The lowest BCUT2D eigenvalue weighted by atomic mass is 9.91. The van der Waals surface area contributed by atoms with Crippen LogP contribution < -0.4 is 5.32 Å². The van der Waals surface area contributed by atoms with Crippen LogP contribution in [0, 0.1) is 0 Å². The van der Waals surface area contributed by atoms with Gasteiger partial charge in [0.2, 0.25) is 11.8 Å². The molecular formula is C14H21N3O2S. The average Bonchev–Trinajstić information content (AvgIpc) is 2.93. The standard InChI is InChI=1S/C14H21N3O2S/c1-3-14(4-2)13(19)17(8-5-11(18)16-14)9-6-12-15-7-10-20-12/h7,10H,3-6,8-9H2,1-2H3,(H,16,18). The zero-order valence-corrected chi connectivity index (χ0v) is 12.8.